The summed E-state index contributed by atoms with van der Waals surface area (Å²) < 4.78 is 11.2. The molecular formula is C25H35N3O5. The molecule has 0 bridgehead atoms. The van der Waals surface area contributed by atoms with Crippen LogP contribution in [0.3, 0.4) is 0 Å². The van der Waals surface area contributed by atoms with Gasteiger partial charge in [0, 0.05) is 51.0 Å². The molecule has 4 rings (SSSR count). The van der Waals surface area contributed by atoms with Gasteiger partial charge in [-0.1, -0.05) is 0 Å². The average molecular weight is 458 g/mol. The van der Waals surface area contributed by atoms with E-state index < -0.39 is 5.60 Å². The summed E-state index contributed by atoms with van der Waals surface area (Å²) in [6.45, 7) is 7.42. The molecule has 2 heterocycles. The van der Waals surface area contributed by atoms with E-state index in [1.165, 1.54) is 0 Å². The van der Waals surface area contributed by atoms with Gasteiger partial charge < -0.3 is 24.6 Å². The number of carbonyl (C=O) groups is 3. The molecule has 0 aromatic heterocycles. The van der Waals surface area contributed by atoms with Crippen LogP contribution in [-0.2, 0) is 19.1 Å². The van der Waals surface area contributed by atoms with E-state index in [1.54, 1.807) is 32.8 Å². The zero-order chi connectivity index (χ0) is 23.8. The second-order valence-corrected chi connectivity index (χ2v) is 9.91. The van der Waals surface area contributed by atoms with E-state index >= 15 is 0 Å². The molecule has 1 saturated carbocycles. The van der Waals surface area contributed by atoms with Gasteiger partial charge >= 0.3 is 0 Å². The van der Waals surface area contributed by atoms with Crippen LogP contribution in [0, 0.1) is 11.8 Å². The maximum absolute atomic E-state index is 13.6. The van der Waals surface area contributed by atoms with E-state index in [4.69, 9.17) is 9.47 Å². The lowest BCUT2D eigenvalue weighted by molar-refractivity contribution is -0.132. The highest BCUT2D eigenvalue weighted by atomic mass is 16.5. The molecule has 180 valence electrons. The van der Waals surface area contributed by atoms with Crippen LogP contribution in [0.1, 0.15) is 46.5 Å². The van der Waals surface area contributed by atoms with Crippen LogP contribution in [0.4, 0.5) is 11.4 Å². The summed E-state index contributed by atoms with van der Waals surface area (Å²) in [5.74, 6) is 0.343. The second kappa shape index (κ2) is 9.43. The zero-order valence-corrected chi connectivity index (χ0v) is 20.1. The third-order valence-corrected chi connectivity index (χ3v) is 6.79. The van der Waals surface area contributed by atoms with Crippen molar-refractivity contribution in [3.63, 3.8) is 0 Å². The predicted octanol–water partition coefficient (Wildman–Crippen LogP) is 2.54. The number of nitrogens with zero attached hydrogens (tertiary/aromatic N) is 2. The Morgan fingerprint density at radius 3 is 2.64 bits per heavy atom. The van der Waals surface area contributed by atoms with Gasteiger partial charge in [-0.15, -0.1) is 0 Å². The summed E-state index contributed by atoms with van der Waals surface area (Å²) in [5, 5.41) is 3.26. The lowest BCUT2D eigenvalue weighted by Crippen LogP contribution is -2.53. The van der Waals surface area contributed by atoms with Gasteiger partial charge in [0.05, 0.1) is 11.6 Å². The Morgan fingerprint density at radius 1 is 1.24 bits per heavy atom. The molecule has 2 fully saturated rings. The van der Waals surface area contributed by atoms with Crippen LogP contribution in [0.15, 0.2) is 18.2 Å². The fourth-order valence-electron chi connectivity index (χ4n) is 4.78. The van der Waals surface area contributed by atoms with Crippen molar-refractivity contribution in [1.82, 2.24) is 5.32 Å². The number of anilines is 2. The van der Waals surface area contributed by atoms with Gasteiger partial charge in [0.2, 0.25) is 5.91 Å². The van der Waals surface area contributed by atoms with Crippen molar-refractivity contribution in [2.45, 2.75) is 58.1 Å². The minimum absolute atomic E-state index is 0.0465. The number of ketones is 1. The monoisotopic (exact) mass is 457 g/mol. The number of carbonyl (C=O) groups excluding carboxylic acids is 3. The Labute approximate surface area is 195 Å². The molecule has 33 heavy (non-hydrogen) atoms. The molecule has 2 atom stereocenters. The van der Waals surface area contributed by atoms with Gasteiger partial charge in [0.1, 0.15) is 11.5 Å². The molecule has 3 aliphatic rings. The SMILES string of the molecule is COCCCN1C(=O)C(C)(C)Oc2ccc(N(C(=O)C3CNCC(C(C)=O)C3)C3CC3)cc21. The molecule has 8 heteroatoms. The van der Waals surface area contributed by atoms with E-state index in [0.717, 1.165) is 18.5 Å². The van der Waals surface area contributed by atoms with Gasteiger partial charge in [-0.3, -0.25) is 14.4 Å². The number of benzene rings is 1. The first kappa shape index (κ1) is 23.7. The zero-order valence-electron chi connectivity index (χ0n) is 20.1. The third kappa shape index (κ3) is 4.92. The molecule has 1 saturated heterocycles. The van der Waals surface area contributed by atoms with Crippen LogP contribution in [0.5, 0.6) is 5.75 Å². The number of amides is 2. The number of nitrogens with one attached hydrogen (secondary N) is 1. The lowest BCUT2D eigenvalue weighted by atomic mass is 9.87. The maximum atomic E-state index is 13.6. The fourth-order valence-corrected chi connectivity index (χ4v) is 4.78. The summed E-state index contributed by atoms with van der Waals surface area (Å²) in [5.41, 5.74) is 0.511. The molecular weight excluding hydrogens is 422 g/mol. The van der Waals surface area contributed by atoms with Gasteiger partial charge in [-0.05, 0) is 64.7 Å². The first-order chi connectivity index (χ1) is 15.7. The van der Waals surface area contributed by atoms with E-state index in [-0.39, 0.29) is 35.5 Å². The highest BCUT2D eigenvalue weighted by Gasteiger charge is 2.43. The minimum Gasteiger partial charge on any atom is -0.476 e. The molecule has 1 aromatic rings. The summed E-state index contributed by atoms with van der Waals surface area (Å²) in [4.78, 5) is 42.3. The number of fused-ring (bicyclic) bond motifs is 1. The highest BCUT2D eigenvalue weighted by Crippen LogP contribution is 2.43. The Balaban J connectivity index is 1.63. The largest absolute Gasteiger partial charge is 0.476 e. The number of Topliss-reactive ketones (excluding diaryl/α,β-unsaturated/α-hetero) is 1. The van der Waals surface area contributed by atoms with Gasteiger partial charge in [-0.25, -0.2) is 0 Å². The normalized spacial score (nSPS) is 24.1. The number of hydrogen-bond donors (Lipinski definition) is 1. The molecule has 0 spiro atoms. The van der Waals surface area contributed by atoms with Crippen molar-refractivity contribution < 1.29 is 23.9 Å². The summed E-state index contributed by atoms with van der Waals surface area (Å²) >= 11 is 0. The second-order valence-electron chi connectivity index (χ2n) is 9.91. The molecule has 1 aromatic carbocycles. The van der Waals surface area contributed by atoms with E-state index in [1.807, 2.05) is 23.1 Å². The van der Waals surface area contributed by atoms with Crippen molar-refractivity contribution in [3.05, 3.63) is 18.2 Å². The molecule has 0 radical (unpaired) electrons. The molecule has 2 amide bonds. The first-order valence-corrected chi connectivity index (χ1v) is 11.9. The van der Waals surface area contributed by atoms with Gasteiger partial charge in [-0.2, -0.15) is 0 Å². The van der Waals surface area contributed by atoms with Crippen LogP contribution >= 0.6 is 0 Å². The molecule has 8 nitrogen and oxygen atoms in total. The smallest absolute Gasteiger partial charge is 0.270 e. The predicted molar refractivity (Wildman–Crippen MR) is 126 cm³/mol. The Kier molecular flexibility index (Phi) is 6.77. The molecule has 2 aliphatic heterocycles. The van der Waals surface area contributed by atoms with Crippen LogP contribution in [0.25, 0.3) is 0 Å². The summed E-state index contributed by atoms with van der Waals surface area (Å²) in [6, 6.07) is 5.84. The van der Waals surface area contributed by atoms with Crippen LogP contribution in [0.2, 0.25) is 0 Å². The van der Waals surface area contributed by atoms with Gasteiger partial charge in [0.25, 0.3) is 5.91 Å². The van der Waals surface area contributed by atoms with Crippen molar-refractivity contribution in [2.24, 2.45) is 11.8 Å². The Bertz CT molecular complexity index is 927. The topological polar surface area (TPSA) is 88.2 Å². The van der Waals surface area contributed by atoms with Crippen molar-refractivity contribution in [2.75, 3.05) is 43.2 Å². The maximum Gasteiger partial charge on any atom is 0.270 e. The van der Waals surface area contributed by atoms with Crippen LogP contribution < -0.4 is 19.9 Å². The van der Waals surface area contributed by atoms with E-state index in [2.05, 4.69) is 5.32 Å². The number of rotatable bonds is 8. The van der Waals surface area contributed by atoms with Crippen molar-refractivity contribution >= 4 is 29.0 Å². The lowest BCUT2D eigenvalue weighted by Gasteiger charge is -2.39. The Hall–Kier alpha value is -2.45. The number of ether oxygens (including phenoxy) is 2. The highest BCUT2D eigenvalue weighted by molar-refractivity contribution is 6.04. The fraction of sp³-hybridized carbons (Fsp3) is 0.640. The van der Waals surface area contributed by atoms with E-state index in [9.17, 15) is 14.4 Å². The minimum atomic E-state index is -0.955. The van der Waals surface area contributed by atoms with Crippen LogP contribution in [-0.4, -0.2) is 62.6 Å². The first-order valence-electron chi connectivity index (χ1n) is 11.9. The van der Waals surface area contributed by atoms with Gasteiger partial charge in [0.15, 0.2) is 5.60 Å². The summed E-state index contributed by atoms with van der Waals surface area (Å²) in [6.07, 6.45) is 3.19. The molecule has 1 aliphatic carbocycles. The van der Waals surface area contributed by atoms with E-state index in [0.29, 0.717) is 50.5 Å². The number of piperidine rings is 1. The third-order valence-electron chi connectivity index (χ3n) is 6.79. The van der Waals surface area contributed by atoms with Crippen molar-refractivity contribution in [1.29, 1.82) is 0 Å². The Morgan fingerprint density at radius 2 is 1.97 bits per heavy atom. The molecule has 1 N–H and O–H groups in total. The summed E-state index contributed by atoms with van der Waals surface area (Å²) in [7, 11) is 1.65. The standard InChI is InChI=1S/C25H35N3O5/c1-16(29)17-12-18(15-26-14-17)23(30)28(19-6-7-19)20-8-9-22-21(13-20)27(10-5-11-32-4)24(31)25(2,3)33-22/h8-9,13,17-19,26H,5-7,10-12,14-15H2,1-4H3. The molecule has 2 unspecified atom stereocenters. The van der Waals surface area contributed by atoms with Crippen molar-refractivity contribution in [3.8, 4) is 5.75 Å². The number of methoxy groups -OCH3 is 1. The average Bonchev–Trinajstić information content (AvgIpc) is 3.62. The quantitative estimate of drug-likeness (QED) is 0.604. The number of hydrogen-bond acceptors (Lipinski definition) is 6.